The first-order chi connectivity index (χ1) is 8.92. The van der Waals surface area contributed by atoms with Crippen molar-refractivity contribution in [1.82, 2.24) is 15.5 Å². The van der Waals surface area contributed by atoms with Crippen molar-refractivity contribution >= 4 is 0 Å². The molecule has 1 saturated heterocycles. The molecule has 0 radical (unpaired) electrons. The summed E-state index contributed by atoms with van der Waals surface area (Å²) >= 11 is 0. The summed E-state index contributed by atoms with van der Waals surface area (Å²) in [4.78, 5) is 4.37. The van der Waals surface area contributed by atoms with E-state index < -0.39 is 0 Å². The third kappa shape index (κ3) is 2.61. The van der Waals surface area contributed by atoms with Gasteiger partial charge in [0.15, 0.2) is 0 Å². The third-order valence-corrected chi connectivity index (χ3v) is 3.37. The first kappa shape index (κ1) is 11.5. The molecule has 3 rings (SSSR count). The van der Waals surface area contributed by atoms with Gasteiger partial charge in [0, 0.05) is 12.5 Å². The van der Waals surface area contributed by atoms with E-state index in [-0.39, 0.29) is 0 Å². The molecule has 1 fully saturated rings. The molecule has 96 valence electrons. The van der Waals surface area contributed by atoms with Crippen LogP contribution in [0.2, 0.25) is 0 Å². The zero-order valence-electron chi connectivity index (χ0n) is 10.3. The molecule has 0 amide bonds. The van der Waals surface area contributed by atoms with E-state index in [1.54, 1.807) is 12.5 Å². The Morgan fingerprint density at radius 3 is 3.17 bits per heavy atom. The molecule has 0 bridgehead atoms. The molecule has 1 aliphatic heterocycles. The smallest absolute Gasteiger partial charge is 0.227 e. The average molecular weight is 247 g/mol. The van der Waals surface area contributed by atoms with Crippen LogP contribution in [0.5, 0.6) is 0 Å². The van der Waals surface area contributed by atoms with Crippen LogP contribution in [0, 0.1) is 0 Å². The van der Waals surface area contributed by atoms with E-state index in [1.807, 2.05) is 6.07 Å². The summed E-state index contributed by atoms with van der Waals surface area (Å²) in [6, 6.07) is 2.43. The minimum Gasteiger partial charge on any atom is -0.472 e. The zero-order valence-corrected chi connectivity index (χ0v) is 10.3. The van der Waals surface area contributed by atoms with Gasteiger partial charge >= 0.3 is 0 Å². The predicted octanol–water partition coefficient (Wildman–Crippen LogP) is 2.40. The first-order valence-electron chi connectivity index (χ1n) is 6.50. The normalized spacial score (nSPS) is 20.1. The molecule has 5 nitrogen and oxygen atoms in total. The fraction of sp³-hybridized carbons (Fsp3) is 0.538. The van der Waals surface area contributed by atoms with Gasteiger partial charge in [0.2, 0.25) is 11.7 Å². The number of aryl methyl sites for hydroxylation is 1. The van der Waals surface area contributed by atoms with Gasteiger partial charge in [-0.25, -0.2) is 0 Å². The zero-order chi connectivity index (χ0) is 12.2. The molecule has 2 aromatic heterocycles. The van der Waals surface area contributed by atoms with Crippen molar-refractivity contribution < 1.29 is 8.94 Å². The maximum Gasteiger partial charge on any atom is 0.227 e. The fourth-order valence-electron chi connectivity index (χ4n) is 2.33. The topological polar surface area (TPSA) is 64.1 Å². The van der Waals surface area contributed by atoms with Crippen LogP contribution in [0.1, 0.15) is 31.6 Å². The number of aromatic nitrogens is 2. The predicted molar refractivity (Wildman–Crippen MR) is 66.0 cm³/mol. The highest BCUT2D eigenvalue weighted by molar-refractivity contribution is 5.51. The fourth-order valence-corrected chi connectivity index (χ4v) is 2.33. The summed E-state index contributed by atoms with van der Waals surface area (Å²) in [7, 11) is 0. The van der Waals surface area contributed by atoms with Gasteiger partial charge in [-0.2, -0.15) is 4.98 Å². The molecule has 0 spiro atoms. The maximum atomic E-state index is 5.25. The van der Waals surface area contributed by atoms with E-state index in [0.717, 1.165) is 24.9 Å². The molecule has 5 heteroatoms. The van der Waals surface area contributed by atoms with Crippen molar-refractivity contribution in [2.24, 2.45) is 0 Å². The minimum atomic E-state index is 0.600. The summed E-state index contributed by atoms with van der Waals surface area (Å²) in [6.07, 6.45) is 9.00. The second kappa shape index (κ2) is 5.35. The van der Waals surface area contributed by atoms with Gasteiger partial charge < -0.3 is 14.3 Å². The molecule has 2 aromatic rings. The Morgan fingerprint density at radius 2 is 2.39 bits per heavy atom. The van der Waals surface area contributed by atoms with Crippen LogP contribution < -0.4 is 5.32 Å². The van der Waals surface area contributed by atoms with Crippen LogP contribution >= 0.6 is 0 Å². The van der Waals surface area contributed by atoms with E-state index in [1.165, 1.54) is 19.3 Å². The van der Waals surface area contributed by atoms with Crippen molar-refractivity contribution in [2.75, 3.05) is 6.54 Å². The Bertz CT molecular complexity index is 472. The number of nitrogens with zero attached hydrogens (tertiary/aromatic N) is 2. The second-order valence-corrected chi connectivity index (χ2v) is 4.71. The Balaban J connectivity index is 1.57. The Labute approximate surface area is 106 Å². The second-order valence-electron chi connectivity index (χ2n) is 4.71. The Morgan fingerprint density at radius 1 is 1.39 bits per heavy atom. The van der Waals surface area contributed by atoms with Crippen molar-refractivity contribution in [2.45, 2.75) is 38.1 Å². The van der Waals surface area contributed by atoms with Crippen LogP contribution in [0.3, 0.4) is 0 Å². The Hall–Kier alpha value is -1.62. The lowest BCUT2D eigenvalue weighted by Crippen LogP contribution is -2.34. The largest absolute Gasteiger partial charge is 0.472 e. The van der Waals surface area contributed by atoms with Gasteiger partial charge in [-0.3, -0.25) is 0 Å². The van der Waals surface area contributed by atoms with Gasteiger partial charge in [0.05, 0.1) is 11.8 Å². The van der Waals surface area contributed by atoms with Crippen LogP contribution in [-0.2, 0) is 6.42 Å². The average Bonchev–Trinajstić information content (AvgIpc) is 3.08. The van der Waals surface area contributed by atoms with Gasteiger partial charge in [-0.05, 0) is 31.9 Å². The van der Waals surface area contributed by atoms with Crippen LogP contribution in [-0.4, -0.2) is 22.7 Å². The summed E-state index contributed by atoms with van der Waals surface area (Å²) in [5, 5.41) is 7.47. The lowest BCUT2D eigenvalue weighted by atomic mass is 10.0. The van der Waals surface area contributed by atoms with Gasteiger partial charge in [0.1, 0.15) is 6.26 Å². The molecule has 18 heavy (non-hydrogen) atoms. The molecule has 1 N–H and O–H groups in total. The van der Waals surface area contributed by atoms with E-state index >= 15 is 0 Å². The van der Waals surface area contributed by atoms with Crippen molar-refractivity contribution in [3.63, 3.8) is 0 Å². The first-order valence-corrected chi connectivity index (χ1v) is 6.50. The highest BCUT2D eigenvalue weighted by Crippen LogP contribution is 2.17. The molecule has 1 aliphatic rings. The lowest BCUT2D eigenvalue weighted by molar-refractivity contribution is 0.342. The van der Waals surface area contributed by atoms with Gasteiger partial charge in [-0.15, -0.1) is 0 Å². The van der Waals surface area contributed by atoms with E-state index in [0.29, 0.717) is 17.8 Å². The molecule has 0 aromatic carbocycles. The monoisotopic (exact) mass is 247 g/mol. The number of rotatable bonds is 4. The summed E-state index contributed by atoms with van der Waals surface area (Å²) in [5.41, 5.74) is 0.862. The molecular formula is C13H17N3O2. The highest BCUT2D eigenvalue weighted by atomic mass is 16.5. The number of nitrogens with one attached hydrogen (secondary N) is 1. The summed E-state index contributed by atoms with van der Waals surface area (Å²) in [5.74, 6) is 1.31. The maximum absolute atomic E-state index is 5.25. The lowest BCUT2D eigenvalue weighted by Gasteiger charge is -2.22. The standard InChI is InChI=1S/C13H17N3O2/c1-2-7-14-11(3-1)4-5-12-15-13(16-18-12)10-6-8-17-9-10/h6,8-9,11,14H,1-5,7H2. The molecule has 1 atom stereocenters. The molecule has 1 unspecified atom stereocenters. The summed E-state index contributed by atoms with van der Waals surface area (Å²) < 4.78 is 10.3. The van der Waals surface area contributed by atoms with Gasteiger partial charge in [-0.1, -0.05) is 11.6 Å². The quantitative estimate of drug-likeness (QED) is 0.898. The third-order valence-electron chi connectivity index (χ3n) is 3.37. The van der Waals surface area contributed by atoms with E-state index in [4.69, 9.17) is 8.94 Å². The number of furan rings is 1. The van der Waals surface area contributed by atoms with Crippen LogP contribution in [0.4, 0.5) is 0 Å². The van der Waals surface area contributed by atoms with E-state index in [2.05, 4.69) is 15.5 Å². The summed E-state index contributed by atoms with van der Waals surface area (Å²) in [6.45, 7) is 1.13. The molecule has 0 saturated carbocycles. The van der Waals surface area contributed by atoms with Gasteiger partial charge in [0.25, 0.3) is 0 Å². The van der Waals surface area contributed by atoms with Crippen molar-refractivity contribution in [1.29, 1.82) is 0 Å². The Kier molecular flexibility index (Phi) is 3.41. The van der Waals surface area contributed by atoms with Crippen LogP contribution in [0.25, 0.3) is 11.4 Å². The SMILES string of the molecule is c1cc(-c2noc(CCC3CCCCN3)n2)co1. The number of hydrogen-bond acceptors (Lipinski definition) is 5. The van der Waals surface area contributed by atoms with E-state index in [9.17, 15) is 0 Å². The molecule has 0 aliphatic carbocycles. The number of piperidine rings is 1. The number of hydrogen-bond donors (Lipinski definition) is 1. The minimum absolute atomic E-state index is 0.600. The van der Waals surface area contributed by atoms with Crippen molar-refractivity contribution in [3.05, 3.63) is 24.5 Å². The molecule has 3 heterocycles. The highest BCUT2D eigenvalue weighted by Gasteiger charge is 2.15. The molecular weight excluding hydrogens is 230 g/mol. The van der Waals surface area contributed by atoms with Crippen LogP contribution in [0.15, 0.2) is 27.5 Å². The van der Waals surface area contributed by atoms with Crippen molar-refractivity contribution in [3.8, 4) is 11.4 Å².